The van der Waals surface area contributed by atoms with Gasteiger partial charge in [-0.25, -0.2) is 4.90 Å². The second-order valence-electron chi connectivity index (χ2n) is 5.63. The zero-order chi connectivity index (χ0) is 16.4. The van der Waals surface area contributed by atoms with Crippen LogP contribution in [0.1, 0.15) is 6.42 Å². The number of amides is 2. The molecule has 0 bridgehead atoms. The normalized spacial score (nSPS) is 22.5. The van der Waals surface area contributed by atoms with E-state index < -0.39 is 0 Å². The van der Waals surface area contributed by atoms with Crippen LogP contribution in [0.2, 0.25) is 0 Å². The first-order valence-electron chi connectivity index (χ1n) is 7.67. The summed E-state index contributed by atoms with van der Waals surface area (Å²) in [5, 5.41) is 0. The standard InChI is InChI=1S/C16H20N2O5/c1-21-11-3-4-12(14(9-11)22-2)18-15(19)10-13(16(18)20)17-5-7-23-8-6-17/h3-4,9,13H,5-8,10H2,1-2H3/p+1/t13-/m0/s1. The number of methoxy groups -OCH3 is 2. The number of nitrogens with one attached hydrogen (secondary N) is 1. The molecule has 2 aliphatic rings. The summed E-state index contributed by atoms with van der Waals surface area (Å²) in [5.41, 5.74) is 0.471. The summed E-state index contributed by atoms with van der Waals surface area (Å²) in [4.78, 5) is 27.6. The van der Waals surface area contributed by atoms with Crippen molar-refractivity contribution in [3.8, 4) is 11.5 Å². The van der Waals surface area contributed by atoms with Gasteiger partial charge in [0, 0.05) is 6.07 Å². The van der Waals surface area contributed by atoms with E-state index in [2.05, 4.69) is 0 Å². The minimum absolute atomic E-state index is 0.171. The summed E-state index contributed by atoms with van der Waals surface area (Å²) in [6.45, 7) is 2.74. The molecule has 2 aliphatic heterocycles. The second kappa shape index (κ2) is 6.55. The van der Waals surface area contributed by atoms with Gasteiger partial charge in [0.05, 0.1) is 39.5 Å². The highest BCUT2D eigenvalue weighted by molar-refractivity contribution is 6.22. The molecule has 1 aromatic rings. The Hall–Kier alpha value is -2.12. The molecule has 1 atom stereocenters. The van der Waals surface area contributed by atoms with E-state index in [0.717, 1.165) is 18.0 Å². The van der Waals surface area contributed by atoms with Crippen LogP contribution in [0, 0.1) is 0 Å². The number of hydrogen-bond donors (Lipinski definition) is 1. The summed E-state index contributed by atoms with van der Waals surface area (Å²) < 4.78 is 15.8. The van der Waals surface area contributed by atoms with Gasteiger partial charge in [-0.2, -0.15) is 0 Å². The first kappa shape index (κ1) is 15.8. The lowest BCUT2D eigenvalue weighted by atomic mass is 10.2. The molecule has 0 saturated carbocycles. The highest BCUT2D eigenvalue weighted by atomic mass is 16.5. The van der Waals surface area contributed by atoms with E-state index in [4.69, 9.17) is 14.2 Å². The summed E-state index contributed by atoms with van der Waals surface area (Å²) >= 11 is 0. The highest BCUT2D eigenvalue weighted by Gasteiger charge is 2.46. The maximum atomic E-state index is 12.8. The number of imide groups is 1. The van der Waals surface area contributed by atoms with E-state index in [0.29, 0.717) is 30.4 Å². The third kappa shape index (κ3) is 2.89. The van der Waals surface area contributed by atoms with Crippen molar-refractivity contribution < 1.29 is 28.7 Å². The maximum absolute atomic E-state index is 12.8. The molecule has 1 N–H and O–H groups in total. The van der Waals surface area contributed by atoms with Crippen LogP contribution in [0.4, 0.5) is 5.69 Å². The summed E-state index contributed by atoms with van der Waals surface area (Å²) in [5.74, 6) is 0.696. The summed E-state index contributed by atoms with van der Waals surface area (Å²) in [6.07, 6.45) is 0.226. The molecular formula is C16H21N2O5+. The largest absolute Gasteiger partial charge is 0.497 e. The number of benzene rings is 1. The molecule has 2 fully saturated rings. The number of anilines is 1. The Bertz CT molecular complexity index is 612. The van der Waals surface area contributed by atoms with Crippen molar-refractivity contribution in [3.05, 3.63) is 18.2 Å². The molecule has 2 saturated heterocycles. The average molecular weight is 321 g/mol. The van der Waals surface area contributed by atoms with Gasteiger partial charge in [0.15, 0.2) is 6.04 Å². The molecular weight excluding hydrogens is 300 g/mol. The Morgan fingerprint density at radius 3 is 2.57 bits per heavy atom. The van der Waals surface area contributed by atoms with Gasteiger partial charge in [0.25, 0.3) is 5.91 Å². The Morgan fingerprint density at radius 1 is 1.17 bits per heavy atom. The Morgan fingerprint density at radius 2 is 1.91 bits per heavy atom. The van der Waals surface area contributed by atoms with Crippen LogP contribution in [-0.2, 0) is 14.3 Å². The zero-order valence-electron chi connectivity index (χ0n) is 13.3. The predicted octanol–water partition coefficient (Wildman–Crippen LogP) is -0.749. The van der Waals surface area contributed by atoms with Crippen molar-refractivity contribution in [2.75, 3.05) is 45.4 Å². The molecule has 2 amide bonds. The zero-order valence-corrected chi connectivity index (χ0v) is 13.3. The third-order valence-corrected chi connectivity index (χ3v) is 4.40. The fraction of sp³-hybridized carbons (Fsp3) is 0.500. The number of nitrogens with zero attached hydrogens (tertiary/aromatic N) is 1. The monoisotopic (exact) mass is 321 g/mol. The van der Waals surface area contributed by atoms with Gasteiger partial charge in [-0.3, -0.25) is 9.59 Å². The van der Waals surface area contributed by atoms with E-state index in [1.54, 1.807) is 25.3 Å². The van der Waals surface area contributed by atoms with Gasteiger partial charge in [0.2, 0.25) is 5.91 Å². The van der Waals surface area contributed by atoms with Gasteiger partial charge in [0.1, 0.15) is 24.6 Å². The van der Waals surface area contributed by atoms with Crippen LogP contribution >= 0.6 is 0 Å². The average Bonchev–Trinajstić information content (AvgIpc) is 2.89. The maximum Gasteiger partial charge on any atom is 0.292 e. The topological polar surface area (TPSA) is 69.5 Å². The van der Waals surface area contributed by atoms with E-state index in [1.165, 1.54) is 12.0 Å². The second-order valence-corrected chi connectivity index (χ2v) is 5.63. The predicted molar refractivity (Wildman–Crippen MR) is 82.0 cm³/mol. The molecule has 7 heteroatoms. The number of morpholine rings is 1. The molecule has 23 heavy (non-hydrogen) atoms. The van der Waals surface area contributed by atoms with Crippen molar-refractivity contribution in [2.45, 2.75) is 12.5 Å². The summed E-state index contributed by atoms with van der Waals surface area (Å²) in [6, 6.07) is 4.74. The SMILES string of the molecule is COc1ccc(N2C(=O)C[C@H]([NH+]3CCOCC3)C2=O)c(OC)c1. The first-order chi connectivity index (χ1) is 11.2. The number of carbonyl (C=O) groups excluding carboxylic acids is 2. The molecule has 0 radical (unpaired) electrons. The summed E-state index contributed by atoms with van der Waals surface area (Å²) in [7, 11) is 3.06. The van der Waals surface area contributed by atoms with E-state index in [9.17, 15) is 9.59 Å². The molecule has 2 heterocycles. The fourth-order valence-corrected chi connectivity index (χ4v) is 3.16. The molecule has 0 aliphatic carbocycles. The molecule has 0 unspecified atom stereocenters. The Labute approximate surface area is 134 Å². The van der Waals surface area contributed by atoms with Crippen molar-refractivity contribution in [1.29, 1.82) is 0 Å². The van der Waals surface area contributed by atoms with Crippen LogP contribution in [0.25, 0.3) is 0 Å². The van der Waals surface area contributed by atoms with Crippen LogP contribution in [-0.4, -0.2) is 58.4 Å². The van der Waals surface area contributed by atoms with Gasteiger partial charge < -0.3 is 19.1 Å². The van der Waals surface area contributed by atoms with E-state index in [-0.39, 0.29) is 24.3 Å². The van der Waals surface area contributed by atoms with Gasteiger partial charge in [-0.05, 0) is 12.1 Å². The van der Waals surface area contributed by atoms with Crippen LogP contribution < -0.4 is 19.3 Å². The number of quaternary nitrogens is 1. The Kier molecular flexibility index (Phi) is 4.49. The number of carbonyl (C=O) groups is 2. The van der Waals surface area contributed by atoms with Gasteiger partial charge in [-0.1, -0.05) is 0 Å². The number of hydrogen-bond acceptors (Lipinski definition) is 5. The quantitative estimate of drug-likeness (QED) is 0.739. The molecule has 124 valence electrons. The van der Waals surface area contributed by atoms with E-state index in [1.807, 2.05) is 0 Å². The van der Waals surface area contributed by atoms with Crippen molar-refractivity contribution >= 4 is 17.5 Å². The number of ether oxygens (including phenoxy) is 3. The number of rotatable bonds is 4. The molecule has 1 aromatic carbocycles. The van der Waals surface area contributed by atoms with Gasteiger partial charge in [-0.15, -0.1) is 0 Å². The van der Waals surface area contributed by atoms with Crippen LogP contribution in [0.5, 0.6) is 11.5 Å². The molecule has 0 spiro atoms. The smallest absolute Gasteiger partial charge is 0.292 e. The third-order valence-electron chi connectivity index (χ3n) is 4.40. The van der Waals surface area contributed by atoms with Crippen molar-refractivity contribution in [1.82, 2.24) is 0 Å². The van der Waals surface area contributed by atoms with E-state index >= 15 is 0 Å². The van der Waals surface area contributed by atoms with Gasteiger partial charge >= 0.3 is 0 Å². The minimum atomic E-state index is -0.335. The lowest BCUT2D eigenvalue weighted by molar-refractivity contribution is -0.922. The lowest BCUT2D eigenvalue weighted by Crippen LogP contribution is -3.18. The molecule has 0 aromatic heterocycles. The van der Waals surface area contributed by atoms with Crippen LogP contribution in [0.15, 0.2) is 18.2 Å². The molecule has 3 rings (SSSR count). The lowest BCUT2D eigenvalue weighted by Gasteiger charge is -2.27. The van der Waals surface area contributed by atoms with Crippen molar-refractivity contribution in [2.24, 2.45) is 0 Å². The Balaban J connectivity index is 1.88. The fourth-order valence-electron chi connectivity index (χ4n) is 3.16. The molecule has 7 nitrogen and oxygen atoms in total. The van der Waals surface area contributed by atoms with Crippen LogP contribution in [0.3, 0.4) is 0 Å². The first-order valence-corrected chi connectivity index (χ1v) is 7.67. The highest BCUT2D eigenvalue weighted by Crippen LogP contribution is 2.34. The minimum Gasteiger partial charge on any atom is -0.497 e. The van der Waals surface area contributed by atoms with Crippen molar-refractivity contribution in [3.63, 3.8) is 0 Å².